The number of piperidine rings is 1. The molecule has 3 aromatic rings. The van der Waals surface area contributed by atoms with E-state index in [0.717, 1.165) is 48.6 Å². The van der Waals surface area contributed by atoms with Crippen LogP contribution in [0.5, 0.6) is 0 Å². The SMILES string of the molecule is Cc1nc([C@@H]2C[C@H]2c2ccc(C(=O)N(C)C3CCNCC3)cc2)c2ccsc2n1. The highest BCUT2D eigenvalue weighted by Crippen LogP contribution is 2.55. The number of nitrogens with zero attached hydrogens (tertiary/aromatic N) is 3. The van der Waals surface area contributed by atoms with Crippen molar-refractivity contribution in [2.45, 2.75) is 44.1 Å². The van der Waals surface area contributed by atoms with Crippen LogP contribution < -0.4 is 5.32 Å². The molecule has 1 amide bonds. The van der Waals surface area contributed by atoms with Gasteiger partial charge >= 0.3 is 0 Å². The Hall–Kier alpha value is -2.31. The Balaban J connectivity index is 1.31. The van der Waals surface area contributed by atoms with E-state index < -0.39 is 0 Å². The molecule has 2 atom stereocenters. The molecule has 0 spiro atoms. The molecule has 2 fully saturated rings. The molecule has 0 bridgehead atoms. The second-order valence-electron chi connectivity index (χ2n) is 8.26. The molecule has 150 valence electrons. The molecule has 6 heteroatoms. The van der Waals surface area contributed by atoms with Crippen LogP contribution >= 0.6 is 11.3 Å². The van der Waals surface area contributed by atoms with Gasteiger partial charge in [0.25, 0.3) is 5.91 Å². The lowest BCUT2D eigenvalue weighted by atomic mass is 10.0. The number of thiophene rings is 1. The molecule has 1 aliphatic heterocycles. The van der Waals surface area contributed by atoms with E-state index in [1.54, 1.807) is 11.3 Å². The third kappa shape index (κ3) is 3.55. The summed E-state index contributed by atoms with van der Waals surface area (Å²) in [5.74, 6) is 1.91. The van der Waals surface area contributed by atoms with Gasteiger partial charge in [-0.05, 0) is 74.3 Å². The fourth-order valence-electron chi connectivity index (χ4n) is 4.57. The number of amides is 1. The molecule has 1 aliphatic carbocycles. The first-order valence-electron chi connectivity index (χ1n) is 10.4. The molecule has 5 nitrogen and oxygen atoms in total. The van der Waals surface area contributed by atoms with Crippen LogP contribution in [0, 0.1) is 6.92 Å². The summed E-state index contributed by atoms with van der Waals surface area (Å²) < 4.78 is 0. The maximum absolute atomic E-state index is 12.9. The summed E-state index contributed by atoms with van der Waals surface area (Å²) in [5, 5.41) is 6.65. The standard InChI is InChI=1S/C23H26N4OS/c1-14-25-21(18-9-12-29-22(18)26-14)20-13-19(20)15-3-5-16(6-4-15)23(28)27(2)17-7-10-24-11-8-17/h3-6,9,12,17,19-20,24H,7-8,10-11,13H2,1-2H3/t19-,20+/m0/s1. The Morgan fingerprint density at radius 1 is 1.10 bits per heavy atom. The zero-order valence-corrected chi connectivity index (χ0v) is 17.7. The van der Waals surface area contributed by atoms with Crippen molar-refractivity contribution in [3.05, 3.63) is 58.4 Å². The van der Waals surface area contributed by atoms with Crippen molar-refractivity contribution in [1.82, 2.24) is 20.2 Å². The first-order chi connectivity index (χ1) is 14.1. The van der Waals surface area contributed by atoms with Crippen LogP contribution in [-0.4, -0.2) is 47.0 Å². The predicted molar refractivity (Wildman–Crippen MR) is 117 cm³/mol. The zero-order valence-electron chi connectivity index (χ0n) is 16.9. The van der Waals surface area contributed by atoms with Gasteiger partial charge in [0, 0.05) is 30.0 Å². The van der Waals surface area contributed by atoms with Gasteiger partial charge in [0.05, 0.1) is 5.69 Å². The number of hydrogen-bond donors (Lipinski definition) is 1. The molecule has 3 heterocycles. The molecule has 2 aromatic heterocycles. The Morgan fingerprint density at radius 2 is 1.86 bits per heavy atom. The normalized spacial score (nSPS) is 22.0. The number of aromatic nitrogens is 2. The third-order valence-corrected chi connectivity index (χ3v) is 7.18. The quantitative estimate of drug-likeness (QED) is 0.709. The highest BCUT2D eigenvalue weighted by atomic mass is 32.1. The van der Waals surface area contributed by atoms with Gasteiger partial charge < -0.3 is 10.2 Å². The number of aryl methyl sites for hydroxylation is 1. The van der Waals surface area contributed by atoms with E-state index in [0.29, 0.717) is 17.9 Å². The Kier molecular flexibility index (Phi) is 4.84. The van der Waals surface area contributed by atoms with Crippen LogP contribution in [-0.2, 0) is 0 Å². The van der Waals surface area contributed by atoms with Crippen LogP contribution in [0.25, 0.3) is 10.2 Å². The van der Waals surface area contributed by atoms with E-state index >= 15 is 0 Å². The summed E-state index contributed by atoms with van der Waals surface area (Å²) in [4.78, 5) is 25.2. The summed E-state index contributed by atoms with van der Waals surface area (Å²) in [5.41, 5.74) is 3.27. The van der Waals surface area contributed by atoms with Gasteiger partial charge in [-0.3, -0.25) is 4.79 Å². The smallest absolute Gasteiger partial charge is 0.253 e. The number of rotatable bonds is 4. The summed E-state index contributed by atoms with van der Waals surface area (Å²) >= 11 is 1.68. The van der Waals surface area contributed by atoms with Crippen molar-refractivity contribution in [2.24, 2.45) is 0 Å². The van der Waals surface area contributed by atoms with E-state index in [1.165, 1.54) is 16.6 Å². The van der Waals surface area contributed by atoms with Gasteiger partial charge in [0.1, 0.15) is 10.7 Å². The molecule has 1 saturated carbocycles. The highest BCUT2D eigenvalue weighted by molar-refractivity contribution is 7.16. The number of fused-ring (bicyclic) bond motifs is 1. The van der Waals surface area contributed by atoms with Crippen LogP contribution in [0.3, 0.4) is 0 Å². The molecule has 29 heavy (non-hydrogen) atoms. The first-order valence-corrected chi connectivity index (χ1v) is 11.3. The molecule has 5 rings (SSSR count). The largest absolute Gasteiger partial charge is 0.339 e. The summed E-state index contributed by atoms with van der Waals surface area (Å²) in [6, 6.07) is 10.7. The fourth-order valence-corrected chi connectivity index (χ4v) is 5.39. The van der Waals surface area contributed by atoms with E-state index in [-0.39, 0.29) is 5.91 Å². The third-order valence-electron chi connectivity index (χ3n) is 6.37. The first kappa shape index (κ1) is 18.7. The van der Waals surface area contributed by atoms with Crippen molar-refractivity contribution in [3.63, 3.8) is 0 Å². The van der Waals surface area contributed by atoms with Crippen LogP contribution in [0.1, 0.15) is 58.5 Å². The lowest BCUT2D eigenvalue weighted by Crippen LogP contribution is -2.43. The molecule has 1 N–H and O–H groups in total. The van der Waals surface area contributed by atoms with Gasteiger partial charge in [-0.1, -0.05) is 12.1 Å². The minimum absolute atomic E-state index is 0.127. The van der Waals surface area contributed by atoms with Gasteiger partial charge in [-0.25, -0.2) is 9.97 Å². The average Bonchev–Trinajstić information content (AvgIpc) is 3.42. The maximum atomic E-state index is 12.9. The minimum Gasteiger partial charge on any atom is -0.339 e. The van der Waals surface area contributed by atoms with Gasteiger partial charge in [-0.2, -0.15) is 0 Å². The van der Waals surface area contributed by atoms with Crippen LogP contribution in [0.2, 0.25) is 0 Å². The van der Waals surface area contributed by atoms with Crippen LogP contribution in [0.15, 0.2) is 35.7 Å². The summed E-state index contributed by atoms with van der Waals surface area (Å²) in [6.07, 6.45) is 3.17. The van der Waals surface area contributed by atoms with Crippen molar-refractivity contribution in [3.8, 4) is 0 Å². The molecular formula is C23H26N4OS. The van der Waals surface area contributed by atoms with E-state index in [4.69, 9.17) is 4.98 Å². The van der Waals surface area contributed by atoms with Crippen molar-refractivity contribution >= 4 is 27.5 Å². The number of benzene rings is 1. The van der Waals surface area contributed by atoms with Gasteiger partial charge in [0.15, 0.2) is 0 Å². The lowest BCUT2D eigenvalue weighted by molar-refractivity contribution is 0.0703. The number of nitrogens with one attached hydrogen (secondary N) is 1. The van der Waals surface area contributed by atoms with E-state index in [1.807, 2.05) is 31.0 Å². The second kappa shape index (κ2) is 7.50. The van der Waals surface area contributed by atoms with Crippen molar-refractivity contribution in [1.29, 1.82) is 0 Å². The monoisotopic (exact) mass is 406 g/mol. The van der Waals surface area contributed by atoms with Crippen LogP contribution in [0.4, 0.5) is 0 Å². The number of carbonyl (C=O) groups is 1. The zero-order chi connectivity index (χ0) is 20.0. The van der Waals surface area contributed by atoms with Crippen molar-refractivity contribution in [2.75, 3.05) is 20.1 Å². The average molecular weight is 407 g/mol. The molecule has 0 unspecified atom stereocenters. The summed E-state index contributed by atoms with van der Waals surface area (Å²) in [6.45, 7) is 3.95. The predicted octanol–water partition coefficient (Wildman–Crippen LogP) is 4.09. The van der Waals surface area contributed by atoms with Gasteiger partial charge in [0.2, 0.25) is 0 Å². The minimum atomic E-state index is 0.127. The maximum Gasteiger partial charge on any atom is 0.253 e. The second-order valence-corrected chi connectivity index (χ2v) is 9.16. The number of carbonyl (C=O) groups excluding carboxylic acids is 1. The summed E-state index contributed by atoms with van der Waals surface area (Å²) in [7, 11) is 1.94. The Labute approximate surface area is 175 Å². The Bertz CT molecular complexity index is 1040. The fraction of sp³-hybridized carbons (Fsp3) is 0.435. The van der Waals surface area contributed by atoms with E-state index in [2.05, 4.69) is 33.9 Å². The topological polar surface area (TPSA) is 58.1 Å². The lowest BCUT2D eigenvalue weighted by Gasteiger charge is -2.31. The number of hydrogen-bond acceptors (Lipinski definition) is 5. The molecule has 0 radical (unpaired) electrons. The van der Waals surface area contributed by atoms with E-state index in [9.17, 15) is 4.79 Å². The van der Waals surface area contributed by atoms with Crippen molar-refractivity contribution < 1.29 is 4.79 Å². The molecular weight excluding hydrogens is 380 g/mol. The highest BCUT2D eigenvalue weighted by Gasteiger charge is 2.42. The molecule has 1 aromatic carbocycles. The Morgan fingerprint density at radius 3 is 2.62 bits per heavy atom. The van der Waals surface area contributed by atoms with Gasteiger partial charge in [-0.15, -0.1) is 11.3 Å². The molecule has 2 aliphatic rings. The molecule has 1 saturated heterocycles.